The molecular formula is C10H7F3N2O2. The van der Waals surface area contributed by atoms with Crippen LogP contribution in [-0.4, -0.2) is 18.1 Å². The van der Waals surface area contributed by atoms with Crippen molar-refractivity contribution >= 4 is 5.97 Å². The average molecular weight is 244 g/mol. The highest BCUT2D eigenvalue weighted by molar-refractivity contribution is 5.72. The number of ether oxygens (including phenoxy) is 1. The summed E-state index contributed by atoms with van der Waals surface area (Å²) in [6.45, 7) is 0. The molecule has 1 rings (SSSR count). The molecule has 0 saturated carbocycles. The van der Waals surface area contributed by atoms with Crippen LogP contribution in [0.4, 0.5) is 13.2 Å². The van der Waals surface area contributed by atoms with E-state index in [9.17, 15) is 18.0 Å². The van der Waals surface area contributed by atoms with Crippen LogP contribution in [0.5, 0.6) is 0 Å². The molecule has 0 saturated heterocycles. The molecule has 7 heteroatoms. The summed E-state index contributed by atoms with van der Waals surface area (Å²) >= 11 is 0. The van der Waals surface area contributed by atoms with E-state index in [0.29, 0.717) is 6.07 Å². The number of halogens is 3. The van der Waals surface area contributed by atoms with Crippen LogP contribution in [0.1, 0.15) is 23.2 Å². The summed E-state index contributed by atoms with van der Waals surface area (Å²) in [6, 6.07) is 2.26. The van der Waals surface area contributed by atoms with Crippen molar-refractivity contribution in [2.45, 2.75) is 12.8 Å². The number of carbonyl (C=O) groups is 1. The maximum atomic E-state index is 13.1. The molecule has 4 nitrogen and oxygen atoms in total. The van der Waals surface area contributed by atoms with Crippen LogP contribution in [-0.2, 0) is 16.0 Å². The van der Waals surface area contributed by atoms with E-state index in [1.165, 1.54) is 0 Å². The van der Waals surface area contributed by atoms with Crippen LogP contribution in [0, 0.1) is 17.3 Å². The van der Waals surface area contributed by atoms with E-state index in [1.807, 2.05) is 0 Å². The summed E-state index contributed by atoms with van der Waals surface area (Å²) in [5.41, 5.74) is -1.46. The van der Waals surface area contributed by atoms with E-state index in [1.54, 1.807) is 6.07 Å². The Morgan fingerprint density at radius 1 is 1.65 bits per heavy atom. The molecule has 0 radical (unpaired) electrons. The summed E-state index contributed by atoms with van der Waals surface area (Å²) in [4.78, 5) is 14.1. The van der Waals surface area contributed by atoms with Gasteiger partial charge in [-0.1, -0.05) is 0 Å². The lowest BCUT2D eigenvalue weighted by Gasteiger charge is -2.06. The number of pyridine rings is 1. The van der Waals surface area contributed by atoms with Gasteiger partial charge in [-0.05, 0) is 6.07 Å². The molecule has 0 spiro atoms. The largest absolute Gasteiger partial charge is 0.469 e. The smallest absolute Gasteiger partial charge is 0.311 e. The van der Waals surface area contributed by atoms with E-state index in [-0.39, 0.29) is 11.3 Å². The van der Waals surface area contributed by atoms with Gasteiger partial charge in [-0.15, -0.1) is 0 Å². The van der Waals surface area contributed by atoms with Gasteiger partial charge in [-0.25, -0.2) is 13.8 Å². The van der Waals surface area contributed by atoms with Gasteiger partial charge < -0.3 is 4.74 Å². The van der Waals surface area contributed by atoms with E-state index in [0.717, 1.165) is 7.11 Å². The van der Waals surface area contributed by atoms with Crippen molar-refractivity contribution in [1.29, 1.82) is 5.26 Å². The Balaban J connectivity index is 3.20. The van der Waals surface area contributed by atoms with Gasteiger partial charge in [0.1, 0.15) is 6.07 Å². The molecule has 0 atom stereocenters. The predicted molar refractivity (Wildman–Crippen MR) is 49.6 cm³/mol. The highest BCUT2D eigenvalue weighted by atomic mass is 19.3. The zero-order chi connectivity index (χ0) is 13.0. The minimum atomic E-state index is -3.07. The number of methoxy groups -OCH3 is 1. The molecule has 17 heavy (non-hydrogen) atoms. The number of esters is 1. The number of carbonyl (C=O) groups excluding carboxylic acids is 1. The third-order valence-electron chi connectivity index (χ3n) is 1.98. The van der Waals surface area contributed by atoms with Crippen LogP contribution >= 0.6 is 0 Å². The van der Waals surface area contributed by atoms with Crippen LogP contribution < -0.4 is 0 Å². The molecule has 0 bridgehead atoms. The lowest BCUT2D eigenvalue weighted by atomic mass is 10.1. The first-order chi connectivity index (χ1) is 7.99. The Morgan fingerprint density at radius 3 is 2.76 bits per heavy atom. The SMILES string of the molecule is COC(=O)Cc1nc(F)c(C(F)F)cc1C#N. The minimum absolute atomic E-state index is 0.221. The van der Waals surface area contributed by atoms with Crippen molar-refractivity contribution in [3.63, 3.8) is 0 Å². The maximum absolute atomic E-state index is 13.1. The van der Waals surface area contributed by atoms with Gasteiger partial charge in [-0.2, -0.15) is 9.65 Å². The normalized spacial score (nSPS) is 10.1. The third kappa shape index (κ3) is 2.93. The van der Waals surface area contributed by atoms with Gasteiger partial charge in [0.15, 0.2) is 0 Å². The first kappa shape index (κ1) is 13.0. The second kappa shape index (κ2) is 5.30. The van der Waals surface area contributed by atoms with E-state index in [2.05, 4.69) is 9.72 Å². The van der Waals surface area contributed by atoms with Crippen molar-refractivity contribution in [2.75, 3.05) is 7.11 Å². The first-order valence-corrected chi connectivity index (χ1v) is 4.44. The van der Waals surface area contributed by atoms with Gasteiger partial charge in [0.2, 0.25) is 5.95 Å². The van der Waals surface area contributed by atoms with Gasteiger partial charge in [0.05, 0.1) is 30.4 Å². The number of nitrogens with zero attached hydrogens (tertiary/aromatic N) is 2. The van der Waals surface area contributed by atoms with Gasteiger partial charge in [0, 0.05) is 0 Å². The zero-order valence-corrected chi connectivity index (χ0v) is 8.71. The standard InChI is InChI=1S/C10H7F3N2O2/c1-17-8(16)3-7-5(4-14)2-6(9(11)12)10(13)15-7/h2,9H,3H2,1H3. The second-order valence-corrected chi connectivity index (χ2v) is 3.03. The predicted octanol–water partition coefficient (Wildman–Crippen LogP) is 1.75. The average Bonchev–Trinajstić information content (AvgIpc) is 2.28. The third-order valence-corrected chi connectivity index (χ3v) is 1.98. The minimum Gasteiger partial charge on any atom is -0.469 e. The fourth-order valence-electron chi connectivity index (χ4n) is 1.14. The van der Waals surface area contributed by atoms with Gasteiger partial charge in [0.25, 0.3) is 6.43 Å². The molecule has 1 heterocycles. The van der Waals surface area contributed by atoms with E-state index < -0.39 is 30.3 Å². The monoisotopic (exact) mass is 244 g/mol. The molecule has 1 aromatic rings. The lowest BCUT2D eigenvalue weighted by Crippen LogP contribution is -2.10. The van der Waals surface area contributed by atoms with Gasteiger partial charge in [-0.3, -0.25) is 4.79 Å². The first-order valence-electron chi connectivity index (χ1n) is 4.44. The summed E-state index contributed by atoms with van der Waals surface area (Å²) in [5, 5.41) is 8.69. The number of rotatable bonds is 3. The highest BCUT2D eigenvalue weighted by Gasteiger charge is 2.20. The Bertz CT molecular complexity index is 483. The molecule has 90 valence electrons. The van der Waals surface area contributed by atoms with Crippen LogP contribution in [0.15, 0.2) is 6.07 Å². The molecule has 0 aromatic carbocycles. The topological polar surface area (TPSA) is 63.0 Å². The van der Waals surface area contributed by atoms with Crippen molar-refractivity contribution in [3.05, 3.63) is 28.8 Å². The fraction of sp³-hybridized carbons (Fsp3) is 0.300. The van der Waals surface area contributed by atoms with E-state index >= 15 is 0 Å². The molecule has 0 aliphatic carbocycles. The second-order valence-electron chi connectivity index (χ2n) is 3.03. The van der Waals surface area contributed by atoms with Crippen molar-refractivity contribution in [3.8, 4) is 6.07 Å². The number of aromatic nitrogens is 1. The Labute approximate surface area is 94.6 Å². The molecule has 0 fully saturated rings. The Morgan fingerprint density at radius 2 is 2.29 bits per heavy atom. The van der Waals surface area contributed by atoms with Crippen molar-refractivity contribution in [2.24, 2.45) is 0 Å². The molecule has 0 amide bonds. The van der Waals surface area contributed by atoms with E-state index in [4.69, 9.17) is 5.26 Å². The molecular weight excluding hydrogens is 237 g/mol. The fourth-order valence-corrected chi connectivity index (χ4v) is 1.14. The molecule has 0 aliphatic rings. The van der Waals surface area contributed by atoms with Gasteiger partial charge >= 0.3 is 5.97 Å². The van der Waals surface area contributed by atoms with Crippen LogP contribution in [0.3, 0.4) is 0 Å². The number of hydrogen-bond acceptors (Lipinski definition) is 4. The summed E-state index contributed by atoms with van der Waals surface area (Å²) in [5.74, 6) is -2.13. The summed E-state index contributed by atoms with van der Waals surface area (Å²) in [6.07, 6.45) is -3.51. The Hall–Kier alpha value is -2.10. The number of hydrogen-bond donors (Lipinski definition) is 0. The lowest BCUT2D eigenvalue weighted by molar-refractivity contribution is -0.139. The van der Waals surface area contributed by atoms with Crippen LogP contribution in [0.25, 0.3) is 0 Å². The van der Waals surface area contributed by atoms with Crippen LogP contribution in [0.2, 0.25) is 0 Å². The molecule has 1 aromatic heterocycles. The highest BCUT2D eigenvalue weighted by Crippen LogP contribution is 2.23. The molecule has 0 aliphatic heterocycles. The quantitative estimate of drug-likeness (QED) is 0.600. The molecule has 0 unspecified atom stereocenters. The molecule has 0 N–H and O–H groups in total. The zero-order valence-electron chi connectivity index (χ0n) is 8.71. The summed E-state index contributed by atoms with van der Waals surface area (Å²) < 4.78 is 42.1. The number of alkyl halides is 2. The number of nitriles is 1. The summed E-state index contributed by atoms with van der Waals surface area (Å²) in [7, 11) is 1.11. The Kier molecular flexibility index (Phi) is 4.04. The van der Waals surface area contributed by atoms with Crippen molar-refractivity contribution in [1.82, 2.24) is 4.98 Å². The maximum Gasteiger partial charge on any atom is 0.311 e. The van der Waals surface area contributed by atoms with Crippen molar-refractivity contribution < 1.29 is 22.7 Å².